The Morgan fingerprint density at radius 2 is 1.76 bits per heavy atom. The predicted molar refractivity (Wildman–Crippen MR) is 113 cm³/mol. The molecule has 2 heterocycles. The highest BCUT2D eigenvalue weighted by molar-refractivity contribution is 6.30. The minimum atomic E-state index is -0.525. The highest BCUT2D eigenvalue weighted by atomic mass is 35.5. The molecule has 29 heavy (non-hydrogen) atoms. The van der Waals surface area contributed by atoms with Gasteiger partial charge in [-0.25, -0.2) is 9.97 Å². The van der Waals surface area contributed by atoms with E-state index in [0.717, 1.165) is 16.6 Å². The summed E-state index contributed by atoms with van der Waals surface area (Å²) in [5, 5.41) is 19.1. The number of anilines is 4. The van der Waals surface area contributed by atoms with E-state index in [1.807, 2.05) is 37.3 Å². The summed E-state index contributed by atoms with van der Waals surface area (Å²) in [4.78, 5) is 23.9. The van der Waals surface area contributed by atoms with E-state index in [2.05, 4.69) is 25.6 Å². The van der Waals surface area contributed by atoms with Crippen LogP contribution < -0.4 is 10.6 Å². The van der Waals surface area contributed by atoms with Crippen molar-refractivity contribution in [3.63, 3.8) is 0 Å². The fraction of sp³-hybridized carbons (Fsp3) is 0.0500. The Morgan fingerprint density at radius 1 is 1.00 bits per heavy atom. The first kappa shape index (κ1) is 18.6. The number of hydrogen-bond acceptors (Lipinski definition) is 7. The van der Waals surface area contributed by atoms with E-state index in [9.17, 15) is 10.1 Å². The third-order valence-corrected chi connectivity index (χ3v) is 4.45. The molecule has 2 aromatic carbocycles. The molecule has 0 atom stereocenters. The number of aromatic nitrogens is 3. The number of nitro groups is 1. The van der Waals surface area contributed by atoms with Crippen molar-refractivity contribution in [1.82, 2.24) is 15.0 Å². The lowest BCUT2D eigenvalue weighted by molar-refractivity contribution is -0.383. The van der Waals surface area contributed by atoms with Crippen LogP contribution in [0, 0.1) is 17.0 Å². The molecule has 0 aliphatic heterocycles. The van der Waals surface area contributed by atoms with Gasteiger partial charge in [-0.3, -0.25) is 15.1 Å². The lowest BCUT2D eigenvalue weighted by Crippen LogP contribution is -2.05. The summed E-state index contributed by atoms with van der Waals surface area (Å²) >= 11 is 5.99. The smallest absolute Gasteiger partial charge is 0.334 e. The Bertz CT molecular complexity index is 1230. The van der Waals surface area contributed by atoms with Gasteiger partial charge >= 0.3 is 5.69 Å². The Balaban J connectivity index is 1.76. The monoisotopic (exact) mass is 406 g/mol. The molecule has 9 heteroatoms. The van der Waals surface area contributed by atoms with Gasteiger partial charge in [0.05, 0.1) is 10.4 Å². The van der Waals surface area contributed by atoms with Gasteiger partial charge in [-0.2, -0.15) is 0 Å². The van der Waals surface area contributed by atoms with E-state index in [1.54, 1.807) is 24.3 Å². The average Bonchev–Trinajstić information content (AvgIpc) is 2.68. The number of benzene rings is 2. The van der Waals surface area contributed by atoms with Crippen LogP contribution in [0.3, 0.4) is 0 Å². The van der Waals surface area contributed by atoms with Crippen molar-refractivity contribution < 1.29 is 4.92 Å². The van der Waals surface area contributed by atoms with Crippen molar-refractivity contribution in [2.45, 2.75) is 6.92 Å². The van der Waals surface area contributed by atoms with Crippen LogP contribution in [0.2, 0.25) is 5.02 Å². The van der Waals surface area contributed by atoms with E-state index < -0.39 is 4.92 Å². The molecule has 0 bridgehead atoms. The summed E-state index contributed by atoms with van der Waals surface area (Å²) in [6.07, 6.45) is 1.26. The second kappa shape index (κ2) is 7.69. The minimum Gasteiger partial charge on any atom is -0.334 e. The molecule has 2 aromatic heterocycles. The molecule has 0 saturated heterocycles. The van der Waals surface area contributed by atoms with Gasteiger partial charge in [-0.1, -0.05) is 23.7 Å². The van der Waals surface area contributed by atoms with Gasteiger partial charge in [-0.15, -0.1) is 0 Å². The average molecular weight is 407 g/mol. The number of nitrogens with zero attached hydrogens (tertiary/aromatic N) is 4. The number of fused-ring (bicyclic) bond motifs is 1. The molecular formula is C20H15ClN6O2. The van der Waals surface area contributed by atoms with Crippen LogP contribution in [0.25, 0.3) is 10.9 Å². The standard InChI is InChI=1S/C20H15ClN6O2/c1-12-8-9-15-16(24-12)6-3-7-17(15)26-20-18(27(28)29)19(22-11-23-20)25-14-5-2-4-13(21)10-14/h2-11H,1H3,(H2,22,23,25,26). The van der Waals surface area contributed by atoms with Crippen LogP contribution in [0.4, 0.5) is 28.7 Å². The molecule has 0 saturated carbocycles. The van der Waals surface area contributed by atoms with Gasteiger partial charge in [0.1, 0.15) is 6.33 Å². The molecule has 0 amide bonds. The maximum Gasteiger partial charge on any atom is 0.353 e. The number of halogens is 1. The number of hydrogen-bond donors (Lipinski definition) is 2. The molecule has 4 aromatic rings. The Hall–Kier alpha value is -3.78. The molecule has 0 aliphatic rings. The van der Waals surface area contributed by atoms with E-state index >= 15 is 0 Å². The third-order valence-electron chi connectivity index (χ3n) is 4.22. The SMILES string of the molecule is Cc1ccc2c(Nc3ncnc(Nc4cccc(Cl)c4)c3[N+](=O)[O-])cccc2n1. The predicted octanol–water partition coefficient (Wildman–Crippen LogP) is 5.38. The minimum absolute atomic E-state index is 0.0592. The first-order chi connectivity index (χ1) is 14.0. The van der Waals surface area contributed by atoms with Gasteiger partial charge in [0.2, 0.25) is 11.6 Å². The first-order valence-electron chi connectivity index (χ1n) is 8.66. The van der Waals surface area contributed by atoms with Gasteiger partial charge in [0.15, 0.2) is 0 Å². The Kier molecular flexibility index (Phi) is 4.92. The zero-order valence-corrected chi connectivity index (χ0v) is 16.0. The van der Waals surface area contributed by atoms with E-state index in [4.69, 9.17) is 11.6 Å². The molecule has 0 radical (unpaired) electrons. The molecule has 0 aliphatic carbocycles. The lowest BCUT2D eigenvalue weighted by Gasteiger charge is -2.12. The van der Waals surface area contributed by atoms with Gasteiger partial charge in [0.25, 0.3) is 0 Å². The maximum atomic E-state index is 11.8. The van der Waals surface area contributed by atoms with Gasteiger partial charge in [0, 0.05) is 27.5 Å². The largest absolute Gasteiger partial charge is 0.353 e. The second-order valence-corrected chi connectivity index (χ2v) is 6.70. The number of aryl methyl sites for hydroxylation is 1. The lowest BCUT2D eigenvalue weighted by atomic mass is 10.1. The summed E-state index contributed by atoms with van der Waals surface area (Å²) in [7, 11) is 0. The summed E-state index contributed by atoms with van der Waals surface area (Å²) in [5.74, 6) is 0.131. The number of pyridine rings is 1. The fourth-order valence-corrected chi connectivity index (χ4v) is 3.12. The zero-order valence-electron chi connectivity index (χ0n) is 15.3. The molecule has 4 rings (SSSR count). The summed E-state index contributed by atoms with van der Waals surface area (Å²) in [6, 6.07) is 16.2. The van der Waals surface area contributed by atoms with Crippen LogP contribution in [0.1, 0.15) is 5.69 Å². The molecule has 0 unspecified atom stereocenters. The molecule has 0 fully saturated rings. The van der Waals surface area contributed by atoms with Gasteiger partial charge in [-0.05, 0) is 49.4 Å². The van der Waals surface area contributed by atoms with Crippen molar-refractivity contribution in [3.8, 4) is 0 Å². The quantitative estimate of drug-likeness (QED) is 0.338. The normalized spacial score (nSPS) is 10.7. The Labute approximate surface area is 170 Å². The van der Waals surface area contributed by atoms with Crippen LogP contribution in [-0.2, 0) is 0 Å². The Morgan fingerprint density at radius 3 is 2.52 bits per heavy atom. The van der Waals surface area contributed by atoms with E-state index in [0.29, 0.717) is 16.4 Å². The van der Waals surface area contributed by atoms with Crippen LogP contribution in [0.5, 0.6) is 0 Å². The van der Waals surface area contributed by atoms with Crippen LogP contribution in [0.15, 0.2) is 60.9 Å². The molecular weight excluding hydrogens is 392 g/mol. The number of rotatable bonds is 5. The third kappa shape index (κ3) is 3.92. The van der Waals surface area contributed by atoms with Crippen molar-refractivity contribution in [1.29, 1.82) is 0 Å². The molecule has 144 valence electrons. The summed E-state index contributed by atoms with van der Waals surface area (Å²) in [5.41, 5.74) is 2.63. The first-order valence-corrected chi connectivity index (χ1v) is 9.04. The van der Waals surface area contributed by atoms with Crippen LogP contribution >= 0.6 is 11.6 Å². The van der Waals surface area contributed by atoms with E-state index in [-0.39, 0.29) is 17.3 Å². The van der Waals surface area contributed by atoms with Crippen molar-refractivity contribution in [2.75, 3.05) is 10.6 Å². The zero-order chi connectivity index (χ0) is 20.4. The van der Waals surface area contributed by atoms with Crippen molar-refractivity contribution in [3.05, 3.63) is 81.8 Å². The summed E-state index contributed by atoms with van der Waals surface area (Å²) < 4.78 is 0. The maximum absolute atomic E-state index is 11.8. The number of nitrogens with one attached hydrogen (secondary N) is 2. The molecule has 2 N–H and O–H groups in total. The highest BCUT2D eigenvalue weighted by Crippen LogP contribution is 2.34. The highest BCUT2D eigenvalue weighted by Gasteiger charge is 2.24. The van der Waals surface area contributed by atoms with E-state index in [1.165, 1.54) is 6.33 Å². The van der Waals surface area contributed by atoms with Crippen molar-refractivity contribution >= 4 is 51.2 Å². The molecule has 0 spiro atoms. The topological polar surface area (TPSA) is 106 Å². The summed E-state index contributed by atoms with van der Waals surface area (Å²) in [6.45, 7) is 1.91. The van der Waals surface area contributed by atoms with Crippen LogP contribution in [-0.4, -0.2) is 19.9 Å². The second-order valence-electron chi connectivity index (χ2n) is 6.26. The van der Waals surface area contributed by atoms with Crippen molar-refractivity contribution in [2.24, 2.45) is 0 Å². The van der Waals surface area contributed by atoms with Gasteiger partial charge < -0.3 is 10.6 Å². The molecule has 8 nitrogen and oxygen atoms in total. The fourth-order valence-electron chi connectivity index (χ4n) is 2.93.